The Balaban J connectivity index is 1.51. The molecule has 7 nitrogen and oxygen atoms in total. The number of para-hydroxylation sites is 1. The van der Waals surface area contributed by atoms with Crippen LogP contribution in [0.5, 0.6) is 11.5 Å². The Bertz CT molecular complexity index is 1860. The number of aromatic nitrogens is 1. The van der Waals surface area contributed by atoms with Gasteiger partial charge in [-0.15, -0.1) is 0 Å². The standard InChI is InChI=1S/C35H36N2O5S/c1-7-40-29-12-10-9-11-27(29)32-31(34(39)41-8-2)24(6)36-35-37(32)33(38)30(43-35)19-25-13-15-26(16-14-25)42-20-28-22(4)17-21(3)18-23(28)5/h9-19,32H,7-8,20H2,1-6H3/b30-19-/t32-/m0/s1. The summed E-state index contributed by atoms with van der Waals surface area (Å²) in [4.78, 5) is 32.3. The molecule has 0 unspecified atom stereocenters. The zero-order chi connectivity index (χ0) is 30.7. The number of hydrogen-bond acceptors (Lipinski definition) is 7. The van der Waals surface area contributed by atoms with Crippen molar-refractivity contribution >= 4 is 23.4 Å². The van der Waals surface area contributed by atoms with E-state index >= 15 is 0 Å². The second kappa shape index (κ2) is 12.8. The molecule has 0 spiro atoms. The molecule has 1 aliphatic heterocycles. The Hall–Kier alpha value is -4.43. The lowest BCUT2D eigenvalue weighted by Gasteiger charge is -2.26. The van der Waals surface area contributed by atoms with Crippen LogP contribution < -0.4 is 24.4 Å². The van der Waals surface area contributed by atoms with Crippen LogP contribution in [-0.2, 0) is 16.1 Å². The molecule has 0 bridgehead atoms. The summed E-state index contributed by atoms with van der Waals surface area (Å²) in [6, 6.07) is 18.7. The number of esters is 1. The van der Waals surface area contributed by atoms with Gasteiger partial charge in [-0.3, -0.25) is 9.36 Å². The highest BCUT2D eigenvalue weighted by Gasteiger charge is 2.35. The Morgan fingerprint density at radius 3 is 2.33 bits per heavy atom. The molecule has 1 atom stereocenters. The molecule has 0 saturated heterocycles. The molecule has 43 heavy (non-hydrogen) atoms. The monoisotopic (exact) mass is 596 g/mol. The van der Waals surface area contributed by atoms with E-state index in [1.54, 1.807) is 18.4 Å². The van der Waals surface area contributed by atoms with Gasteiger partial charge in [0.05, 0.1) is 29.0 Å². The van der Waals surface area contributed by atoms with Crippen molar-refractivity contribution in [2.75, 3.05) is 13.2 Å². The first-order valence-electron chi connectivity index (χ1n) is 14.4. The minimum Gasteiger partial charge on any atom is -0.494 e. The number of rotatable bonds is 9. The van der Waals surface area contributed by atoms with E-state index in [9.17, 15) is 9.59 Å². The van der Waals surface area contributed by atoms with Crippen molar-refractivity contribution in [2.45, 2.75) is 54.2 Å². The summed E-state index contributed by atoms with van der Waals surface area (Å²) in [5.74, 6) is 0.855. The number of carbonyl (C=O) groups is 1. The molecule has 0 amide bonds. The predicted molar refractivity (Wildman–Crippen MR) is 169 cm³/mol. The van der Waals surface area contributed by atoms with Gasteiger partial charge in [0.1, 0.15) is 24.1 Å². The van der Waals surface area contributed by atoms with E-state index < -0.39 is 12.0 Å². The molecule has 222 valence electrons. The molecule has 2 heterocycles. The molecule has 4 aromatic rings. The van der Waals surface area contributed by atoms with Crippen molar-refractivity contribution < 1.29 is 19.0 Å². The number of nitrogens with zero attached hydrogens (tertiary/aromatic N) is 2. The fourth-order valence-corrected chi connectivity index (χ4v) is 6.53. The number of aryl methyl sites for hydroxylation is 3. The van der Waals surface area contributed by atoms with Crippen LogP contribution in [0.1, 0.15) is 60.2 Å². The lowest BCUT2D eigenvalue weighted by molar-refractivity contribution is -0.139. The first kappa shape index (κ1) is 30.0. The third-order valence-electron chi connectivity index (χ3n) is 7.43. The molecule has 8 heteroatoms. The summed E-state index contributed by atoms with van der Waals surface area (Å²) in [5.41, 5.74) is 7.03. The average molecular weight is 597 g/mol. The molecular formula is C35H36N2O5S. The summed E-state index contributed by atoms with van der Waals surface area (Å²) in [6.07, 6.45) is 1.84. The van der Waals surface area contributed by atoms with Gasteiger partial charge in [-0.1, -0.05) is 59.4 Å². The summed E-state index contributed by atoms with van der Waals surface area (Å²) in [7, 11) is 0. The smallest absolute Gasteiger partial charge is 0.338 e. The molecule has 0 saturated carbocycles. The quantitative estimate of drug-likeness (QED) is 0.232. The zero-order valence-corrected chi connectivity index (χ0v) is 26.2. The zero-order valence-electron chi connectivity index (χ0n) is 25.4. The molecule has 3 aromatic carbocycles. The van der Waals surface area contributed by atoms with Crippen LogP contribution in [0.15, 0.2) is 81.7 Å². The third-order valence-corrected chi connectivity index (χ3v) is 8.41. The highest BCUT2D eigenvalue weighted by Crippen LogP contribution is 2.35. The van der Waals surface area contributed by atoms with Gasteiger partial charge in [0.15, 0.2) is 4.80 Å². The van der Waals surface area contributed by atoms with Gasteiger partial charge in [-0.05, 0) is 88.1 Å². The minimum atomic E-state index is -0.732. The van der Waals surface area contributed by atoms with E-state index in [1.807, 2.05) is 61.5 Å². The van der Waals surface area contributed by atoms with Crippen molar-refractivity contribution in [3.8, 4) is 11.5 Å². The van der Waals surface area contributed by atoms with E-state index in [4.69, 9.17) is 14.2 Å². The average Bonchev–Trinajstić information content (AvgIpc) is 3.27. The second-order valence-electron chi connectivity index (χ2n) is 10.5. The highest BCUT2D eigenvalue weighted by atomic mass is 32.1. The van der Waals surface area contributed by atoms with E-state index in [0.29, 0.717) is 45.1 Å². The van der Waals surface area contributed by atoms with Crippen LogP contribution in [0.2, 0.25) is 0 Å². The maximum atomic E-state index is 14.0. The van der Waals surface area contributed by atoms with Gasteiger partial charge < -0.3 is 14.2 Å². The Morgan fingerprint density at radius 1 is 0.953 bits per heavy atom. The van der Waals surface area contributed by atoms with Crippen molar-refractivity contribution in [3.63, 3.8) is 0 Å². The van der Waals surface area contributed by atoms with Crippen LogP contribution in [0.25, 0.3) is 6.08 Å². The molecule has 0 aliphatic carbocycles. The van der Waals surface area contributed by atoms with Crippen molar-refractivity contribution in [1.82, 2.24) is 4.57 Å². The van der Waals surface area contributed by atoms with Crippen LogP contribution in [0, 0.1) is 20.8 Å². The van der Waals surface area contributed by atoms with Gasteiger partial charge in [0.2, 0.25) is 0 Å². The molecule has 0 radical (unpaired) electrons. The van der Waals surface area contributed by atoms with Gasteiger partial charge >= 0.3 is 5.97 Å². The van der Waals surface area contributed by atoms with Crippen LogP contribution >= 0.6 is 11.3 Å². The number of hydrogen-bond donors (Lipinski definition) is 0. The number of benzene rings is 3. The summed E-state index contributed by atoms with van der Waals surface area (Å²) >= 11 is 1.29. The van der Waals surface area contributed by atoms with Crippen LogP contribution in [0.3, 0.4) is 0 Å². The van der Waals surface area contributed by atoms with Gasteiger partial charge in [0, 0.05) is 5.56 Å². The number of carbonyl (C=O) groups excluding carboxylic acids is 1. The molecule has 0 fully saturated rings. The molecule has 1 aliphatic rings. The van der Waals surface area contributed by atoms with Gasteiger partial charge in [-0.25, -0.2) is 9.79 Å². The van der Waals surface area contributed by atoms with Crippen LogP contribution in [0.4, 0.5) is 0 Å². The Labute approximate surface area is 255 Å². The van der Waals surface area contributed by atoms with E-state index in [1.165, 1.54) is 33.6 Å². The summed E-state index contributed by atoms with van der Waals surface area (Å²) in [6.45, 7) is 12.9. The normalized spacial score (nSPS) is 14.7. The highest BCUT2D eigenvalue weighted by molar-refractivity contribution is 7.07. The number of thiazole rings is 1. The van der Waals surface area contributed by atoms with E-state index in [2.05, 4.69) is 37.9 Å². The minimum absolute atomic E-state index is 0.212. The Kier molecular flexibility index (Phi) is 8.97. The second-order valence-corrected chi connectivity index (χ2v) is 11.5. The van der Waals surface area contributed by atoms with Crippen molar-refractivity contribution in [3.05, 3.63) is 125 Å². The molecule has 0 N–H and O–H groups in total. The SMILES string of the molecule is CCOC(=O)C1=C(C)N=c2s/c(=C\c3ccc(OCc4c(C)cc(C)cc4C)cc3)c(=O)n2[C@H]1c1ccccc1OCC. The lowest BCUT2D eigenvalue weighted by atomic mass is 9.95. The van der Waals surface area contributed by atoms with E-state index in [-0.39, 0.29) is 12.2 Å². The fraction of sp³-hybridized carbons (Fsp3) is 0.286. The third kappa shape index (κ3) is 6.20. The number of ether oxygens (including phenoxy) is 3. The molecule has 1 aromatic heterocycles. The summed E-state index contributed by atoms with van der Waals surface area (Å²) in [5, 5.41) is 0. The maximum absolute atomic E-state index is 14.0. The topological polar surface area (TPSA) is 79.1 Å². The Morgan fingerprint density at radius 2 is 1.65 bits per heavy atom. The number of fused-ring (bicyclic) bond motifs is 1. The van der Waals surface area contributed by atoms with Crippen molar-refractivity contribution in [2.24, 2.45) is 4.99 Å². The molecule has 5 rings (SSSR count). The van der Waals surface area contributed by atoms with Gasteiger partial charge in [-0.2, -0.15) is 0 Å². The summed E-state index contributed by atoms with van der Waals surface area (Å²) < 4.78 is 19.5. The molecular weight excluding hydrogens is 560 g/mol. The lowest BCUT2D eigenvalue weighted by Crippen LogP contribution is -2.40. The predicted octanol–water partition coefficient (Wildman–Crippen LogP) is 5.70. The van der Waals surface area contributed by atoms with Crippen molar-refractivity contribution in [1.29, 1.82) is 0 Å². The number of allylic oxidation sites excluding steroid dienone is 1. The largest absolute Gasteiger partial charge is 0.494 e. The fourth-order valence-electron chi connectivity index (χ4n) is 5.48. The van der Waals surface area contributed by atoms with E-state index in [0.717, 1.165) is 11.3 Å². The van der Waals surface area contributed by atoms with Crippen LogP contribution in [-0.4, -0.2) is 23.8 Å². The first-order valence-corrected chi connectivity index (χ1v) is 15.2. The maximum Gasteiger partial charge on any atom is 0.338 e. The van der Waals surface area contributed by atoms with Gasteiger partial charge in [0.25, 0.3) is 5.56 Å². The first-order chi connectivity index (χ1) is 20.7.